The third-order valence-electron chi connectivity index (χ3n) is 4.35. The predicted octanol–water partition coefficient (Wildman–Crippen LogP) is 4.56. The van der Waals surface area contributed by atoms with Crippen LogP contribution in [0.1, 0.15) is 15.9 Å². The molecule has 0 N–H and O–H groups in total. The number of nitro benzene ring substituents is 1. The quantitative estimate of drug-likeness (QED) is 0.284. The normalized spacial score (nSPS) is 10.6. The van der Waals surface area contributed by atoms with Crippen LogP contribution in [0.3, 0.4) is 0 Å². The molecule has 4 rings (SSSR count). The highest BCUT2D eigenvalue weighted by atomic mass is 16.6. The minimum Gasteiger partial charge on any atom is -0.457 e. The molecule has 0 unspecified atom stereocenters. The van der Waals surface area contributed by atoms with Crippen molar-refractivity contribution in [1.29, 1.82) is 0 Å². The molecule has 142 valence electrons. The lowest BCUT2D eigenvalue weighted by Gasteiger charge is -2.10. The molecule has 0 aliphatic carbocycles. The topological polar surface area (TPSA) is 95.2 Å². The van der Waals surface area contributed by atoms with Crippen molar-refractivity contribution in [1.82, 2.24) is 9.97 Å². The predicted molar refractivity (Wildman–Crippen MR) is 107 cm³/mol. The summed E-state index contributed by atoms with van der Waals surface area (Å²) < 4.78 is 5.44. The summed E-state index contributed by atoms with van der Waals surface area (Å²) in [7, 11) is 0. The molecule has 2 heterocycles. The van der Waals surface area contributed by atoms with Gasteiger partial charge in [0.15, 0.2) is 0 Å². The van der Waals surface area contributed by atoms with Gasteiger partial charge in [-0.15, -0.1) is 0 Å². The number of hydrogen-bond donors (Lipinski definition) is 0. The van der Waals surface area contributed by atoms with Crippen molar-refractivity contribution in [3.05, 3.63) is 100 Å². The number of carbonyl (C=O) groups is 1. The van der Waals surface area contributed by atoms with E-state index in [4.69, 9.17) is 4.74 Å². The first-order chi connectivity index (χ1) is 14.1. The van der Waals surface area contributed by atoms with Gasteiger partial charge in [0.1, 0.15) is 6.61 Å². The second-order valence-corrected chi connectivity index (χ2v) is 6.29. The molecule has 2 aromatic heterocycles. The minimum atomic E-state index is -0.535. The molecular weight excluding hydrogens is 370 g/mol. The number of rotatable bonds is 5. The van der Waals surface area contributed by atoms with Gasteiger partial charge in [0.25, 0.3) is 5.69 Å². The van der Waals surface area contributed by atoms with E-state index in [1.807, 2.05) is 30.3 Å². The van der Waals surface area contributed by atoms with Gasteiger partial charge in [-0.3, -0.25) is 15.1 Å². The number of pyridine rings is 2. The Kier molecular flexibility index (Phi) is 4.94. The van der Waals surface area contributed by atoms with E-state index in [9.17, 15) is 14.9 Å². The van der Waals surface area contributed by atoms with Crippen molar-refractivity contribution < 1.29 is 14.5 Å². The molecule has 0 atom stereocenters. The Morgan fingerprint density at radius 2 is 1.79 bits per heavy atom. The first-order valence-corrected chi connectivity index (χ1v) is 8.83. The van der Waals surface area contributed by atoms with Crippen molar-refractivity contribution in [2.45, 2.75) is 6.61 Å². The van der Waals surface area contributed by atoms with Gasteiger partial charge in [0.05, 0.1) is 27.4 Å². The number of aromatic nitrogens is 2. The van der Waals surface area contributed by atoms with Gasteiger partial charge in [-0.1, -0.05) is 36.4 Å². The molecule has 7 heteroatoms. The zero-order valence-electron chi connectivity index (χ0n) is 15.2. The lowest BCUT2D eigenvalue weighted by atomic mass is 10.1. The minimum absolute atomic E-state index is 0.0506. The summed E-state index contributed by atoms with van der Waals surface area (Å²) in [5, 5.41) is 11.6. The van der Waals surface area contributed by atoms with Crippen LogP contribution < -0.4 is 0 Å². The molecule has 0 saturated carbocycles. The summed E-state index contributed by atoms with van der Waals surface area (Å²) in [4.78, 5) is 32.2. The van der Waals surface area contributed by atoms with Crippen LogP contribution in [-0.4, -0.2) is 20.9 Å². The highest BCUT2D eigenvalue weighted by Crippen LogP contribution is 2.25. The maximum Gasteiger partial charge on any atom is 0.339 e. The Balaban J connectivity index is 1.66. The van der Waals surface area contributed by atoms with Gasteiger partial charge >= 0.3 is 5.97 Å². The van der Waals surface area contributed by atoms with E-state index in [-0.39, 0.29) is 12.3 Å². The fourth-order valence-electron chi connectivity index (χ4n) is 2.98. The molecule has 7 nitrogen and oxygen atoms in total. The second kappa shape index (κ2) is 7.85. The number of non-ortho nitro benzene ring substituents is 1. The third-order valence-corrected chi connectivity index (χ3v) is 4.35. The van der Waals surface area contributed by atoms with Crippen LogP contribution >= 0.6 is 0 Å². The number of esters is 1. The molecule has 0 amide bonds. The van der Waals surface area contributed by atoms with Gasteiger partial charge in [-0.2, -0.15) is 0 Å². The Hall–Kier alpha value is -4.13. The van der Waals surface area contributed by atoms with E-state index in [0.717, 1.165) is 0 Å². The number of ether oxygens (including phenoxy) is 1. The number of benzene rings is 2. The molecule has 0 spiro atoms. The largest absolute Gasteiger partial charge is 0.457 e. The van der Waals surface area contributed by atoms with Crippen LogP contribution in [0.5, 0.6) is 0 Å². The molecule has 4 aromatic rings. The summed E-state index contributed by atoms with van der Waals surface area (Å²) in [6.45, 7) is -0.0733. The fourth-order valence-corrected chi connectivity index (χ4v) is 2.98. The van der Waals surface area contributed by atoms with Crippen LogP contribution in [-0.2, 0) is 11.3 Å². The molecule has 0 aliphatic heterocycles. The first kappa shape index (κ1) is 18.2. The maximum absolute atomic E-state index is 12.8. The van der Waals surface area contributed by atoms with Crippen molar-refractivity contribution in [3.8, 4) is 11.4 Å². The number of para-hydroxylation sites is 1. The van der Waals surface area contributed by atoms with Crippen LogP contribution in [0.15, 0.2) is 79.0 Å². The maximum atomic E-state index is 12.8. The van der Waals surface area contributed by atoms with E-state index in [0.29, 0.717) is 33.4 Å². The van der Waals surface area contributed by atoms with E-state index in [1.54, 1.807) is 36.5 Å². The summed E-state index contributed by atoms with van der Waals surface area (Å²) in [5.41, 5.74) is 2.71. The zero-order chi connectivity index (χ0) is 20.2. The zero-order valence-corrected chi connectivity index (χ0v) is 15.2. The van der Waals surface area contributed by atoms with Crippen LogP contribution in [0.4, 0.5) is 5.69 Å². The lowest BCUT2D eigenvalue weighted by Crippen LogP contribution is -2.07. The van der Waals surface area contributed by atoms with E-state index in [2.05, 4.69) is 9.97 Å². The van der Waals surface area contributed by atoms with Crippen LogP contribution in [0.25, 0.3) is 22.3 Å². The van der Waals surface area contributed by atoms with Gasteiger partial charge in [-0.05, 0) is 29.8 Å². The highest BCUT2D eigenvalue weighted by molar-refractivity contribution is 6.04. The van der Waals surface area contributed by atoms with E-state index in [1.165, 1.54) is 12.1 Å². The van der Waals surface area contributed by atoms with Crippen LogP contribution in [0.2, 0.25) is 0 Å². The highest BCUT2D eigenvalue weighted by Gasteiger charge is 2.16. The van der Waals surface area contributed by atoms with Crippen molar-refractivity contribution in [2.75, 3.05) is 0 Å². The van der Waals surface area contributed by atoms with E-state index >= 15 is 0 Å². The Morgan fingerprint density at radius 3 is 2.59 bits per heavy atom. The summed E-state index contributed by atoms with van der Waals surface area (Å²) in [6.07, 6.45) is 1.66. The van der Waals surface area contributed by atoms with Crippen LogP contribution in [0, 0.1) is 10.1 Å². The summed E-state index contributed by atoms with van der Waals surface area (Å²) >= 11 is 0. The molecule has 0 radical (unpaired) electrons. The smallest absolute Gasteiger partial charge is 0.339 e. The number of carbonyl (C=O) groups excluding carboxylic acids is 1. The third kappa shape index (κ3) is 3.93. The van der Waals surface area contributed by atoms with Crippen molar-refractivity contribution >= 4 is 22.6 Å². The standard InChI is InChI=1S/C22H15N3O4/c26-22(29-14-15-6-5-7-16(12-15)25(27)28)18-13-21(20-10-3-4-11-23-20)24-19-9-2-1-8-17(18)19/h1-13H,14H2. The van der Waals surface area contributed by atoms with Crippen molar-refractivity contribution in [3.63, 3.8) is 0 Å². The molecule has 2 aromatic carbocycles. The Bertz CT molecular complexity index is 1210. The van der Waals surface area contributed by atoms with Gasteiger partial charge in [0.2, 0.25) is 0 Å². The Labute approximate surface area is 165 Å². The molecule has 0 fully saturated rings. The molecule has 0 aliphatic rings. The van der Waals surface area contributed by atoms with Gasteiger partial charge in [-0.25, -0.2) is 9.78 Å². The van der Waals surface area contributed by atoms with E-state index < -0.39 is 10.9 Å². The molecule has 29 heavy (non-hydrogen) atoms. The SMILES string of the molecule is O=C(OCc1cccc([N+](=O)[O-])c1)c1cc(-c2ccccn2)nc2ccccc12. The summed E-state index contributed by atoms with van der Waals surface area (Å²) in [5.74, 6) is -0.535. The fraction of sp³-hybridized carbons (Fsp3) is 0.0455. The second-order valence-electron chi connectivity index (χ2n) is 6.29. The van der Waals surface area contributed by atoms with Gasteiger partial charge < -0.3 is 4.74 Å². The van der Waals surface area contributed by atoms with Crippen molar-refractivity contribution in [2.24, 2.45) is 0 Å². The number of nitrogens with zero attached hydrogens (tertiary/aromatic N) is 3. The Morgan fingerprint density at radius 1 is 0.966 bits per heavy atom. The summed E-state index contributed by atoms with van der Waals surface area (Å²) in [6, 6.07) is 20.4. The average Bonchev–Trinajstić information content (AvgIpc) is 2.77. The first-order valence-electron chi connectivity index (χ1n) is 8.83. The van der Waals surface area contributed by atoms with Gasteiger partial charge in [0, 0.05) is 23.7 Å². The molecule has 0 bridgehead atoms. The number of fused-ring (bicyclic) bond motifs is 1. The molecule has 0 saturated heterocycles. The average molecular weight is 385 g/mol. The molecular formula is C22H15N3O4. The number of nitro groups is 1. The lowest BCUT2D eigenvalue weighted by molar-refractivity contribution is -0.384. The number of hydrogen-bond acceptors (Lipinski definition) is 6. The monoisotopic (exact) mass is 385 g/mol.